The summed E-state index contributed by atoms with van der Waals surface area (Å²) in [6, 6.07) is 1.29. The molecule has 8 heteroatoms. The molecule has 1 aromatic rings. The number of hydrogen-bond acceptors (Lipinski definition) is 6. The highest BCUT2D eigenvalue weighted by atomic mass is 35.5. The summed E-state index contributed by atoms with van der Waals surface area (Å²) in [4.78, 5) is 16.0. The lowest BCUT2D eigenvalue weighted by Gasteiger charge is -2.05. The third-order valence-electron chi connectivity index (χ3n) is 1.52. The van der Waals surface area contributed by atoms with Crippen molar-refractivity contribution in [1.29, 1.82) is 0 Å². The van der Waals surface area contributed by atoms with E-state index < -0.39 is 5.97 Å². The van der Waals surface area contributed by atoms with Gasteiger partial charge in [-0.05, 0) is 6.07 Å². The Labute approximate surface area is 102 Å². The second kappa shape index (κ2) is 6.59. The zero-order chi connectivity index (χ0) is 12.0. The minimum absolute atomic E-state index is 0.0471. The van der Waals surface area contributed by atoms with E-state index in [2.05, 4.69) is 20.5 Å². The van der Waals surface area contributed by atoms with Gasteiger partial charge in [0.2, 0.25) is 0 Å². The first-order valence-corrected chi connectivity index (χ1v) is 5.02. The van der Waals surface area contributed by atoms with Crippen molar-refractivity contribution >= 4 is 29.2 Å². The van der Waals surface area contributed by atoms with Crippen LogP contribution >= 0.6 is 23.2 Å². The van der Waals surface area contributed by atoms with Crippen LogP contribution in [0.25, 0.3) is 0 Å². The van der Waals surface area contributed by atoms with Gasteiger partial charge in [0.25, 0.3) is 0 Å². The summed E-state index contributed by atoms with van der Waals surface area (Å²) in [5.41, 5.74) is 2.60. The second-order valence-electron chi connectivity index (χ2n) is 2.61. The van der Waals surface area contributed by atoms with E-state index in [4.69, 9.17) is 27.9 Å². The molecular weight excluding hydrogens is 257 g/mol. The third kappa shape index (κ3) is 3.90. The molecule has 0 unspecified atom stereocenters. The van der Waals surface area contributed by atoms with Crippen LogP contribution in [0.5, 0.6) is 0 Å². The minimum atomic E-state index is -0.611. The molecule has 0 saturated carbocycles. The van der Waals surface area contributed by atoms with Gasteiger partial charge in [0, 0.05) is 0 Å². The zero-order valence-corrected chi connectivity index (χ0v) is 9.88. The van der Waals surface area contributed by atoms with Crippen molar-refractivity contribution in [1.82, 2.24) is 15.7 Å². The van der Waals surface area contributed by atoms with Crippen LogP contribution in [0.2, 0.25) is 10.3 Å². The fourth-order valence-electron chi connectivity index (χ4n) is 0.861. The van der Waals surface area contributed by atoms with Gasteiger partial charge in [-0.25, -0.2) is 4.79 Å². The average molecular weight is 266 g/mol. The minimum Gasteiger partial charge on any atom is -0.461 e. The maximum atomic E-state index is 11.5. The van der Waals surface area contributed by atoms with Crippen LogP contribution in [0.4, 0.5) is 0 Å². The third-order valence-corrected chi connectivity index (χ3v) is 1.98. The first-order chi connectivity index (χ1) is 7.65. The number of aromatic nitrogens is 2. The number of esters is 1. The molecule has 0 radical (unpaired) electrons. The number of halogens is 2. The van der Waals surface area contributed by atoms with Crippen LogP contribution in [-0.2, 0) is 9.57 Å². The van der Waals surface area contributed by atoms with Crippen molar-refractivity contribution in [3.63, 3.8) is 0 Å². The van der Waals surface area contributed by atoms with E-state index in [1.54, 1.807) is 0 Å². The number of nitrogens with zero attached hydrogens (tertiary/aromatic N) is 2. The Morgan fingerprint density at radius 1 is 1.50 bits per heavy atom. The Morgan fingerprint density at radius 2 is 2.25 bits per heavy atom. The Hall–Kier alpha value is -0.950. The van der Waals surface area contributed by atoms with Crippen LogP contribution in [0.1, 0.15) is 10.4 Å². The zero-order valence-electron chi connectivity index (χ0n) is 8.37. The van der Waals surface area contributed by atoms with Gasteiger partial charge in [-0.3, -0.25) is 0 Å². The van der Waals surface area contributed by atoms with Gasteiger partial charge in [-0.1, -0.05) is 23.2 Å². The second-order valence-corrected chi connectivity index (χ2v) is 3.35. The predicted octanol–water partition coefficient (Wildman–Crippen LogP) is 1.09. The van der Waals surface area contributed by atoms with Gasteiger partial charge in [0.05, 0.1) is 13.7 Å². The maximum Gasteiger partial charge on any atom is 0.341 e. The summed E-state index contributed by atoms with van der Waals surface area (Å²) >= 11 is 11.2. The first-order valence-electron chi connectivity index (χ1n) is 4.27. The molecule has 0 bridgehead atoms. The molecule has 0 aliphatic carbocycles. The van der Waals surface area contributed by atoms with Crippen molar-refractivity contribution < 1.29 is 14.4 Å². The smallest absolute Gasteiger partial charge is 0.341 e. The molecule has 1 heterocycles. The monoisotopic (exact) mass is 265 g/mol. The highest BCUT2D eigenvalue weighted by Crippen LogP contribution is 2.16. The first kappa shape index (κ1) is 13.1. The van der Waals surface area contributed by atoms with Crippen molar-refractivity contribution in [2.45, 2.75) is 0 Å². The molecule has 6 nitrogen and oxygen atoms in total. The molecule has 1 aromatic heterocycles. The quantitative estimate of drug-likeness (QED) is 0.488. The van der Waals surface area contributed by atoms with Gasteiger partial charge >= 0.3 is 5.97 Å². The van der Waals surface area contributed by atoms with Crippen molar-refractivity contribution in [3.8, 4) is 0 Å². The topological polar surface area (TPSA) is 73.3 Å². The van der Waals surface area contributed by atoms with Crippen LogP contribution in [-0.4, -0.2) is 36.4 Å². The highest BCUT2D eigenvalue weighted by molar-refractivity contribution is 6.33. The maximum absolute atomic E-state index is 11.5. The summed E-state index contributed by atoms with van der Waals surface area (Å²) < 4.78 is 4.87. The Bertz CT molecular complexity index is 376. The fourth-order valence-corrected chi connectivity index (χ4v) is 1.18. The lowest BCUT2D eigenvalue weighted by atomic mass is 10.3. The molecule has 0 aliphatic heterocycles. The fraction of sp³-hybridized carbons (Fsp3) is 0.375. The van der Waals surface area contributed by atoms with E-state index in [1.807, 2.05) is 0 Å². The number of hydrogen-bond donors (Lipinski definition) is 1. The van der Waals surface area contributed by atoms with E-state index >= 15 is 0 Å². The largest absolute Gasteiger partial charge is 0.461 e. The number of carbonyl (C=O) groups excluding carboxylic acids is 1. The van der Waals surface area contributed by atoms with Crippen LogP contribution < -0.4 is 5.48 Å². The average Bonchev–Trinajstić information content (AvgIpc) is 2.27. The SMILES string of the molecule is CONCCOC(=O)c1cc(Cl)nnc1Cl. The molecule has 0 aliphatic rings. The summed E-state index contributed by atoms with van der Waals surface area (Å²) in [5, 5.41) is 6.99. The number of nitrogens with one attached hydrogen (secondary N) is 1. The molecular formula is C8H9Cl2N3O3. The molecule has 0 atom stereocenters. The van der Waals surface area contributed by atoms with Crippen molar-refractivity contribution in [2.24, 2.45) is 0 Å². The number of ether oxygens (including phenoxy) is 1. The van der Waals surface area contributed by atoms with Gasteiger partial charge < -0.3 is 9.57 Å². The molecule has 0 amide bonds. The van der Waals surface area contributed by atoms with E-state index in [9.17, 15) is 4.79 Å². The van der Waals surface area contributed by atoms with E-state index in [0.717, 1.165) is 0 Å². The molecule has 1 rings (SSSR count). The number of rotatable bonds is 5. The lowest BCUT2D eigenvalue weighted by Crippen LogP contribution is -2.20. The molecule has 16 heavy (non-hydrogen) atoms. The molecule has 0 fully saturated rings. The van der Waals surface area contributed by atoms with E-state index in [-0.39, 0.29) is 22.5 Å². The van der Waals surface area contributed by atoms with Gasteiger partial charge in [0.1, 0.15) is 12.2 Å². The lowest BCUT2D eigenvalue weighted by molar-refractivity contribution is 0.0380. The highest BCUT2D eigenvalue weighted by Gasteiger charge is 2.14. The van der Waals surface area contributed by atoms with Gasteiger partial charge in [-0.15, -0.1) is 10.2 Å². The van der Waals surface area contributed by atoms with E-state index in [0.29, 0.717) is 6.54 Å². The van der Waals surface area contributed by atoms with Gasteiger partial charge in [-0.2, -0.15) is 5.48 Å². The van der Waals surface area contributed by atoms with Crippen molar-refractivity contribution in [3.05, 3.63) is 21.9 Å². The predicted molar refractivity (Wildman–Crippen MR) is 57.3 cm³/mol. The summed E-state index contributed by atoms with van der Waals surface area (Å²) in [6.07, 6.45) is 0. The summed E-state index contributed by atoms with van der Waals surface area (Å²) in [5.74, 6) is -0.611. The normalized spacial score (nSPS) is 10.2. The molecule has 1 N–H and O–H groups in total. The Kier molecular flexibility index (Phi) is 5.41. The molecule has 88 valence electrons. The van der Waals surface area contributed by atoms with Gasteiger partial charge in [0.15, 0.2) is 10.3 Å². The van der Waals surface area contributed by atoms with Crippen LogP contribution in [0.3, 0.4) is 0 Å². The van der Waals surface area contributed by atoms with E-state index in [1.165, 1.54) is 13.2 Å². The van der Waals surface area contributed by atoms with Crippen LogP contribution in [0.15, 0.2) is 6.07 Å². The molecule has 0 spiro atoms. The Balaban J connectivity index is 2.55. The number of hydroxylamine groups is 1. The van der Waals surface area contributed by atoms with Crippen molar-refractivity contribution in [2.75, 3.05) is 20.3 Å². The Morgan fingerprint density at radius 3 is 2.94 bits per heavy atom. The summed E-state index contributed by atoms with van der Waals surface area (Å²) in [6.45, 7) is 0.509. The number of carbonyl (C=O) groups is 1. The summed E-state index contributed by atoms with van der Waals surface area (Å²) in [7, 11) is 1.46. The molecule has 0 saturated heterocycles. The standard InChI is InChI=1S/C8H9Cl2N3O3/c1-15-11-2-3-16-8(14)5-4-6(9)12-13-7(5)10/h4,11H,2-3H2,1H3. The molecule has 0 aromatic carbocycles. The van der Waals surface area contributed by atoms with Crippen LogP contribution in [0, 0.1) is 0 Å².